The average molecular weight is 263 g/mol. The van der Waals surface area contributed by atoms with Crippen LogP contribution in [0, 0.1) is 0 Å². The van der Waals surface area contributed by atoms with Crippen LogP contribution >= 0.6 is 0 Å². The highest BCUT2D eigenvalue weighted by Crippen LogP contribution is 2.33. The summed E-state index contributed by atoms with van der Waals surface area (Å²) >= 11 is 0. The summed E-state index contributed by atoms with van der Waals surface area (Å²) in [5, 5.41) is 0. The molecule has 0 unspecified atom stereocenters. The molecule has 0 bridgehead atoms. The van der Waals surface area contributed by atoms with Crippen LogP contribution in [-0.4, -0.2) is 19.3 Å². The van der Waals surface area contributed by atoms with Crippen molar-refractivity contribution in [2.45, 2.75) is 26.1 Å². The van der Waals surface area contributed by atoms with Crippen LogP contribution in [0.2, 0.25) is 0 Å². The molecule has 0 aliphatic carbocycles. The average Bonchev–Trinajstić information content (AvgIpc) is 2.24. The standard InChI is InChI=1S/C12H16F3NO2/c1-8(2)17-5-6-18-11-4-3-9(7-10(11)16)12(13,14)15/h3-4,7-8H,5-6,16H2,1-2H3. The van der Waals surface area contributed by atoms with E-state index >= 15 is 0 Å². The molecule has 0 aromatic heterocycles. The molecule has 102 valence electrons. The Bertz CT molecular complexity index is 391. The molecule has 6 heteroatoms. The van der Waals surface area contributed by atoms with Crippen LogP contribution < -0.4 is 10.5 Å². The monoisotopic (exact) mass is 263 g/mol. The van der Waals surface area contributed by atoms with E-state index in [0.717, 1.165) is 12.1 Å². The number of hydrogen-bond acceptors (Lipinski definition) is 3. The molecule has 0 aliphatic heterocycles. The lowest BCUT2D eigenvalue weighted by Crippen LogP contribution is -2.12. The van der Waals surface area contributed by atoms with Gasteiger partial charge in [-0.3, -0.25) is 0 Å². The van der Waals surface area contributed by atoms with Crippen molar-refractivity contribution in [1.82, 2.24) is 0 Å². The van der Waals surface area contributed by atoms with Gasteiger partial charge in [0.25, 0.3) is 0 Å². The summed E-state index contributed by atoms with van der Waals surface area (Å²) in [6, 6.07) is 3.02. The Morgan fingerprint density at radius 3 is 2.39 bits per heavy atom. The van der Waals surface area contributed by atoms with E-state index in [1.807, 2.05) is 13.8 Å². The quantitative estimate of drug-likeness (QED) is 0.655. The van der Waals surface area contributed by atoms with Crippen LogP contribution in [0.4, 0.5) is 18.9 Å². The zero-order chi connectivity index (χ0) is 13.8. The lowest BCUT2D eigenvalue weighted by molar-refractivity contribution is -0.137. The van der Waals surface area contributed by atoms with E-state index in [-0.39, 0.29) is 24.1 Å². The summed E-state index contributed by atoms with van der Waals surface area (Å²) in [7, 11) is 0. The second-order valence-corrected chi connectivity index (χ2v) is 4.02. The Balaban J connectivity index is 2.58. The highest BCUT2D eigenvalue weighted by atomic mass is 19.4. The highest BCUT2D eigenvalue weighted by molar-refractivity contribution is 5.54. The Kier molecular flexibility index (Phi) is 4.84. The van der Waals surface area contributed by atoms with Crippen LogP contribution in [0.25, 0.3) is 0 Å². The number of hydrogen-bond donors (Lipinski definition) is 1. The van der Waals surface area contributed by atoms with Crippen molar-refractivity contribution in [2.75, 3.05) is 18.9 Å². The predicted octanol–water partition coefficient (Wildman–Crippen LogP) is 3.09. The number of halogens is 3. The van der Waals surface area contributed by atoms with Crippen molar-refractivity contribution in [3.05, 3.63) is 23.8 Å². The number of anilines is 1. The van der Waals surface area contributed by atoms with E-state index in [9.17, 15) is 13.2 Å². The minimum atomic E-state index is -4.40. The number of benzene rings is 1. The van der Waals surface area contributed by atoms with Crippen LogP contribution in [-0.2, 0) is 10.9 Å². The van der Waals surface area contributed by atoms with E-state index in [2.05, 4.69) is 0 Å². The van der Waals surface area contributed by atoms with Gasteiger partial charge in [0.15, 0.2) is 0 Å². The SMILES string of the molecule is CC(C)OCCOc1ccc(C(F)(F)F)cc1N. The Hall–Kier alpha value is -1.43. The van der Waals surface area contributed by atoms with Crippen molar-refractivity contribution in [1.29, 1.82) is 0 Å². The smallest absolute Gasteiger partial charge is 0.416 e. The zero-order valence-electron chi connectivity index (χ0n) is 10.3. The van der Waals surface area contributed by atoms with Gasteiger partial charge < -0.3 is 15.2 Å². The van der Waals surface area contributed by atoms with Gasteiger partial charge in [0.1, 0.15) is 12.4 Å². The second-order valence-electron chi connectivity index (χ2n) is 4.02. The third-order valence-corrected chi connectivity index (χ3v) is 2.13. The first-order valence-electron chi connectivity index (χ1n) is 5.52. The molecule has 2 N–H and O–H groups in total. The fraction of sp³-hybridized carbons (Fsp3) is 0.500. The maximum absolute atomic E-state index is 12.4. The number of rotatable bonds is 5. The van der Waals surface area contributed by atoms with Gasteiger partial charge in [0, 0.05) is 0 Å². The van der Waals surface area contributed by atoms with Gasteiger partial charge in [0.05, 0.1) is 24.0 Å². The van der Waals surface area contributed by atoms with Crippen LogP contribution in [0.3, 0.4) is 0 Å². The van der Waals surface area contributed by atoms with Gasteiger partial charge in [-0.15, -0.1) is 0 Å². The molecular formula is C12H16F3NO2. The van der Waals surface area contributed by atoms with Crippen molar-refractivity contribution in [3.8, 4) is 5.75 Å². The first-order chi connectivity index (χ1) is 8.30. The summed E-state index contributed by atoms with van der Waals surface area (Å²) in [5.74, 6) is 0.232. The first kappa shape index (κ1) is 14.6. The molecule has 1 aromatic rings. The molecule has 18 heavy (non-hydrogen) atoms. The minimum absolute atomic E-state index is 0.0330. The zero-order valence-corrected chi connectivity index (χ0v) is 10.3. The van der Waals surface area contributed by atoms with E-state index in [0.29, 0.717) is 6.61 Å². The lowest BCUT2D eigenvalue weighted by Gasteiger charge is -2.13. The molecule has 1 aromatic carbocycles. The van der Waals surface area contributed by atoms with Gasteiger partial charge in [-0.05, 0) is 32.0 Å². The lowest BCUT2D eigenvalue weighted by atomic mass is 10.2. The third kappa shape index (κ3) is 4.44. The molecule has 0 saturated heterocycles. The molecule has 0 atom stereocenters. The molecule has 0 fully saturated rings. The van der Waals surface area contributed by atoms with E-state index in [1.54, 1.807) is 0 Å². The maximum atomic E-state index is 12.4. The Morgan fingerprint density at radius 1 is 1.22 bits per heavy atom. The Morgan fingerprint density at radius 2 is 1.89 bits per heavy atom. The fourth-order valence-electron chi connectivity index (χ4n) is 1.29. The van der Waals surface area contributed by atoms with Crippen molar-refractivity contribution >= 4 is 5.69 Å². The van der Waals surface area contributed by atoms with Crippen LogP contribution in [0.1, 0.15) is 19.4 Å². The van der Waals surface area contributed by atoms with Gasteiger partial charge >= 0.3 is 6.18 Å². The minimum Gasteiger partial charge on any atom is -0.489 e. The first-order valence-corrected chi connectivity index (χ1v) is 5.52. The summed E-state index contributed by atoms with van der Waals surface area (Å²) < 4.78 is 47.6. The molecule has 0 aliphatic rings. The van der Waals surface area contributed by atoms with E-state index in [4.69, 9.17) is 15.2 Å². The molecule has 1 rings (SSSR count). The Labute approximate surface area is 104 Å². The van der Waals surface area contributed by atoms with Crippen molar-refractivity contribution in [2.24, 2.45) is 0 Å². The van der Waals surface area contributed by atoms with E-state index < -0.39 is 11.7 Å². The molecule has 0 heterocycles. The van der Waals surface area contributed by atoms with Crippen LogP contribution in [0.5, 0.6) is 5.75 Å². The number of nitrogen functional groups attached to an aromatic ring is 1. The highest BCUT2D eigenvalue weighted by Gasteiger charge is 2.30. The summed E-state index contributed by atoms with van der Waals surface area (Å²) in [6.45, 7) is 4.37. The summed E-state index contributed by atoms with van der Waals surface area (Å²) in [4.78, 5) is 0. The van der Waals surface area contributed by atoms with Gasteiger partial charge in [-0.1, -0.05) is 0 Å². The number of nitrogens with two attached hydrogens (primary N) is 1. The summed E-state index contributed by atoms with van der Waals surface area (Å²) in [6.07, 6.45) is -4.31. The second kappa shape index (κ2) is 5.95. The topological polar surface area (TPSA) is 44.5 Å². The van der Waals surface area contributed by atoms with Gasteiger partial charge in [-0.2, -0.15) is 13.2 Å². The predicted molar refractivity (Wildman–Crippen MR) is 62.4 cm³/mol. The molecule has 3 nitrogen and oxygen atoms in total. The molecule has 0 spiro atoms. The largest absolute Gasteiger partial charge is 0.489 e. The van der Waals surface area contributed by atoms with Gasteiger partial charge in [0.2, 0.25) is 0 Å². The maximum Gasteiger partial charge on any atom is 0.416 e. The molecular weight excluding hydrogens is 247 g/mol. The third-order valence-electron chi connectivity index (χ3n) is 2.13. The molecule has 0 amide bonds. The normalized spacial score (nSPS) is 11.9. The van der Waals surface area contributed by atoms with Crippen molar-refractivity contribution in [3.63, 3.8) is 0 Å². The fourth-order valence-corrected chi connectivity index (χ4v) is 1.29. The summed E-state index contributed by atoms with van der Waals surface area (Å²) in [5.41, 5.74) is 4.67. The van der Waals surface area contributed by atoms with E-state index in [1.165, 1.54) is 6.07 Å². The van der Waals surface area contributed by atoms with Crippen LogP contribution in [0.15, 0.2) is 18.2 Å². The molecule has 0 saturated carbocycles. The van der Waals surface area contributed by atoms with Crippen molar-refractivity contribution < 1.29 is 22.6 Å². The number of alkyl halides is 3. The van der Waals surface area contributed by atoms with Gasteiger partial charge in [-0.25, -0.2) is 0 Å². The number of ether oxygens (including phenoxy) is 2. The molecule has 0 radical (unpaired) electrons.